The average molecular weight is 236 g/mol. The molecule has 1 aliphatic rings. The minimum absolute atomic E-state index is 0.0318. The molecule has 1 aromatic rings. The highest BCUT2D eigenvalue weighted by Crippen LogP contribution is 2.40. The number of hydrogen-bond donors (Lipinski definition) is 1. The van der Waals surface area contributed by atoms with Crippen LogP contribution in [0.5, 0.6) is 5.75 Å². The Kier molecular flexibility index (Phi) is 3.33. The number of benzene rings is 1. The Hall–Kier alpha value is -1.55. The molecule has 0 heterocycles. The standard InChI is InChI=1S/C13H16O4/c1-16-8-3-4-9-10(13(14)15)5-6-12(17-2)11(9)7-8/h3-4,7,10,12H,5-6H2,1-2H3,(H,14,15). The summed E-state index contributed by atoms with van der Waals surface area (Å²) in [5.74, 6) is -0.467. The normalized spacial score (nSPS) is 22.9. The van der Waals surface area contributed by atoms with Crippen molar-refractivity contribution >= 4 is 5.97 Å². The smallest absolute Gasteiger partial charge is 0.310 e. The lowest BCUT2D eigenvalue weighted by atomic mass is 9.81. The fraction of sp³-hybridized carbons (Fsp3) is 0.462. The van der Waals surface area contributed by atoms with Crippen LogP contribution in [0.4, 0.5) is 0 Å². The van der Waals surface area contributed by atoms with Gasteiger partial charge in [-0.25, -0.2) is 0 Å². The van der Waals surface area contributed by atoms with E-state index in [-0.39, 0.29) is 6.10 Å². The van der Waals surface area contributed by atoms with E-state index in [1.807, 2.05) is 12.1 Å². The first-order chi connectivity index (χ1) is 8.17. The van der Waals surface area contributed by atoms with E-state index in [2.05, 4.69) is 0 Å². The quantitative estimate of drug-likeness (QED) is 0.875. The number of fused-ring (bicyclic) bond motifs is 1. The van der Waals surface area contributed by atoms with Crippen molar-refractivity contribution in [3.63, 3.8) is 0 Å². The molecule has 0 bridgehead atoms. The van der Waals surface area contributed by atoms with Gasteiger partial charge in [0.15, 0.2) is 0 Å². The summed E-state index contributed by atoms with van der Waals surface area (Å²) < 4.78 is 10.6. The molecule has 0 saturated heterocycles. The summed E-state index contributed by atoms with van der Waals surface area (Å²) in [4.78, 5) is 11.2. The molecule has 0 spiro atoms. The largest absolute Gasteiger partial charge is 0.497 e. The number of aliphatic carboxylic acids is 1. The Labute approximate surface area is 100 Å². The molecule has 0 aliphatic heterocycles. The number of methoxy groups -OCH3 is 2. The van der Waals surface area contributed by atoms with Crippen molar-refractivity contribution in [1.82, 2.24) is 0 Å². The second-order valence-electron chi connectivity index (χ2n) is 4.19. The van der Waals surface area contributed by atoms with Crippen LogP contribution in [0, 0.1) is 0 Å². The zero-order valence-corrected chi connectivity index (χ0v) is 9.97. The van der Waals surface area contributed by atoms with Gasteiger partial charge in [0.2, 0.25) is 0 Å². The fourth-order valence-electron chi connectivity index (χ4n) is 2.41. The highest BCUT2D eigenvalue weighted by molar-refractivity contribution is 5.77. The van der Waals surface area contributed by atoms with Crippen molar-refractivity contribution in [2.45, 2.75) is 24.9 Å². The zero-order valence-electron chi connectivity index (χ0n) is 9.97. The molecule has 92 valence electrons. The Morgan fingerprint density at radius 3 is 2.65 bits per heavy atom. The minimum Gasteiger partial charge on any atom is -0.497 e. The second-order valence-corrected chi connectivity index (χ2v) is 4.19. The van der Waals surface area contributed by atoms with Gasteiger partial charge in [-0.2, -0.15) is 0 Å². The molecule has 0 saturated carbocycles. The molecule has 1 N–H and O–H groups in total. The number of rotatable bonds is 3. The second kappa shape index (κ2) is 4.75. The molecule has 1 aliphatic carbocycles. The summed E-state index contributed by atoms with van der Waals surface area (Å²) in [5, 5.41) is 9.20. The Balaban J connectivity index is 2.46. The first-order valence-corrected chi connectivity index (χ1v) is 5.60. The van der Waals surface area contributed by atoms with Crippen LogP contribution in [-0.4, -0.2) is 25.3 Å². The summed E-state index contributed by atoms with van der Waals surface area (Å²) in [6, 6.07) is 5.50. The first-order valence-electron chi connectivity index (χ1n) is 5.60. The Bertz CT molecular complexity index is 427. The van der Waals surface area contributed by atoms with Gasteiger partial charge < -0.3 is 14.6 Å². The molecule has 17 heavy (non-hydrogen) atoms. The Morgan fingerprint density at radius 2 is 2.06 bits per heavy atom. The molecule has 2 rings (SSSR count). The first kappa shape index (κ1) is 11.9. The molecule has 1 aromatic carbocycles. The third-order valence-electron chi connectivity index (χ3n) is 3.32. The van der Waals surface area contributed by atoms with E-state index in [4.69, 9.17) is 9.47 Å². The zero-order chi connectivity index (χ0) is 12.4. The van der Waals surface area contributed by atoms with Gasteiger partial charge in [-0.1, -0.05) is 6.07 Å². The maximum atomic E-state index is 11.2. The molecule has 2 atom stereocenters. The monoisotopic (exact) mass is 236 g/mol. The number of carboxylic acid groups (broad SMARTS) is 1. The van der Waals surface area contributed by atoms with Crippen molar-refractivity contribution in [3.8, 4) is 5.75 Å². The topological polar surface area (TPSA) is 55.8 Å². The molecule has 2 unspecified atom stereocenters. The molecule has 0 fully saturated rings. The van der Waals surface area contributed by atoms with Gasteiger partial charge >= 0.3 is 5.97 Å². The van der Waals surface area contributed by atoms with Crippen molar-refractivity contribution < 1.29 is 19.4 Å². The van der Waals surface area contributed by atoms with Crippen molar-refractivity contribution in [2.75, 3.05) is 14.2 Å². The highest BCUT2D eigenvalue weighted by atomic mass is 16.5. The summed E-state index contributed by atoms with van der Waals surface area (Å²) in [5.41, 5.74) is 1.78. The van der Waals surface area contributed by atoms with E-state index in [9.17, 15) is 9.90 Å². The molecule has 4 nitrogen and oxygen atoms in total. The van der Waals surface area contributed by atoms with Gasteiger partial charge in [0.1, 0.15) is 5.75 Å². The summed E-state index contributed by atoms with van der Waals surface area (Å²) in [6.45, 7) is 0. The van der Waals surface area contributed by atoms with Crippen LogP contribution >= 0.6 is 0 Å². The van der Waals surface area contributed by atoms with Crippen LogP contribution in [0.25, 0.3) is 0 Å². The lowest BCUT2D eigenvalue weighted by molar-refractivity contribution is -0.139. The van der Waals surface area contributed by atoms with Crippen LogP contribution < -0.4 is 4.74 Å². The van der Waals surface area contributed by atoms with E-state index in [1.165, 1.54) is 0 Å². The van der Waals surface area contributed by atoms with Crippen molar-refractivity contribution in [2.24, 2.45) is 0 Å². The van der Waals surface area contributed by atoms with Gasteiger partial charge in [-0.3, -0.25) is 4.79 Å². The van der Waals surface area contributed by atoms with Crippen LogP contribution in [0.2, 0.25) is 0 Å². The predicted octanol–water partition coefficient (Wildman–Crippen LogP) is 2.34. The number of hydrogen-bond acceptors (Lipinski definition) is 3. The third kappa shape index (κ3) is 2.13. The van der Waals surface area contributed by atoms with E-state index >= 15 is 0 Å². The van der Waals surface area contributed by atoms with Gasteiger partial charge in [0.25, 0.3) is 0 Å². The molecule has 0 radical (unpaired) electrons. The lowest BCUT2D eigenvalue weighted by Crippen LogP contribution is -2.21. The predicted molar refractivity (Wildman–Crippen MR) is 62.4 cm³/mol. The van der Waals surface area contributed by atoms with Gasteiger partial charge in [0, 0.05) is 7.11 Å². The van der Waals surface area contributed by atoms with E-state index in [0.29, 0.717) is 6.42 Å². The number of ether oxygens (including phenoxy) is 2. The summed E-state index contributed by atoms with van der Waals surface area (Å²) in [7, 11) is 3.25. The summed E-state index contributed by atoms with van der Waals surface area (Å²) >= 11 is 0. The average Bonchev–Trinajstić information content (AvgIpc) is 2.36. The highest BCUT2D eigenvalue weighted by Gasteiger charge is 2.31. The van der Waals surface area contributed by atoms with E-state index < -0.39 is 11.9 Å². The molecular weight excluding hydrogens is 220 g/mol. The van der Waals surface area contributed by atoms with Crippen LogP contribution in [0.15, 0.2) is 18.2 Å². The van der Waals surface area contributed by atoms with Crippen molar-refractivity contribution in [1.29, 1.82) is 0 Å². The molecule has 0 aromatic heterocycles. The summed E-state index contributed by atoms with van der Waals surface area (Å²) in [6.07, 6.45) is 1.32. The third-order valence-corrected chi connectivity index (χ3v) is 3.32. The van der Waals surface area contributed by atoms with E-state index in [1.54, 1.807) is 20.3 Å². The van der Waals surface area contributed by atoms with Crippen LogP contribution in [0.3, 0.4) is 0 Å². The Morgan fingerprint density at radius 1 is 1.29 bits per heavy atom. The van der Waals surface area contributed by atoms with Crippen molar-refractivity contribution in [3.05, 3.63) is 29.3 Å². The van der Waals surface area contributed by atoms with E-state index in [0.717, 1.165) is 23.3 Å². The number of carbonyl (C=O) groups is 1. The molecule has 4 heteroatoms. The van der Waals surface area contributed by atoms with Gasteiger partial charge in [-0.15, -0.1) is 0 Å². The lowest BCUT2D eigenvalue weighted by Gasteiger charge is -2.28. The number of carboxylic acids is 1. The maximum absolute atomic E-state index is 11.2. The van der Waals surface area contributed by atoms with Gasteiger partial charge in [0.05, 0.1) is 19.1 Å². The SMILES string of the molecule is COc1ccc2c(c1)C(OC)CCC2C(=O)O. The molecular formula is C13H16O4. The molecule has 0 amide bonds. The minimum atomic E-state index is -0.772. The van der Waals surface area contributed by atoms with Gasteiger partial charge in [-0.05, 0) is 36.1 Å². The van der Waals surface area contributed by atoms with Crippen LogP contribution in [-0.2, 0) is 9.53 Å². The fourth-order valence-corrected chi connectivity index (χ4v) is 2.41. The van der Waals surface area contributed by atoms with Crippen LogP contribution in [0.1, 0.15) is 36.0 Å². The maximum Gasteiger partial charge on any atom is 0.310 e.